The summed E-state index contributed by atoms with van der Waals surface area (Å²) < 4.78 is 21.1. The number of aliphatic hydroxyl groups is 3. The fraction of sp³-hybridized carbons (Fsp3) is 0.364. The minimum Gasteiger partial charge on any atom is -0.507 e. The van der Waals surface area contributed by atoms with Gasteiger partial charge in [-0.05, 0) is 17.7 Å². The SMILES string of the molecule is COC(=O)[C@@H]1O[C@@H](Oc2cc(O)c3c(c2)O[C@H](c2ccc(O)c(O)c2)CC3=O)[C@H](O)[C@@H](O)[C@@H]1O. The molecule has 6 atom stereocenters. The van der Waals surface area contributed by atoms with Gasteiger partial charge in [-0.3, -0.25) is 4.79 Å². The second kappa shape index (κ2) is 8.99. The Hall–Kier alpha value is -3.58. The summed E-state index contributed by atoms with van der Waals surface area (Å²) in [6, 6.07) is 6.24. The molecule has 0 aromatic heterocycles. The van der Waals surface area contributed by atoms with E-state index in [0.717, 1.165) is 13.2 Å². The molecular weight excluding hydrogens is 456 g/mol. The molecule has 12 nitrogen and oxygen atoms in total. The highest BCUT2D eigenvalue weighted by Crippen LogP contribution is 2.43. The van der Waals surface area contributed by atoms with E-state index < -0.39 is 60.1 Å². The van der Waals surface area contributed by atoms with Gasteiger partial charge < -0.3 is 49.6 Å². The van der Waals surface area contributed by atoms with E-state index in [-0.39, 0.29) is 29.2 Å². The molecule has 2 aliphatic rings. The van der Waals surface area contributed by atoms with E-state index in [1.54, 1.807) is 0 Å². The number of phenolic OH excluding ortho intramolecular Hbond substituents is 3. The van der Waals surface area contributed by atoms with Gasteiger partial charge in [0, 0.05) is 12.1 Å². The fourth-order valence-electron chi connectivity index (χ4n) is 3.80. The van der Waals surface area contributed by atoms with Crippen LogP contribution in [-0.4, -0.2) is 80.2 Å². The Morgan fingerprint density at radius 3 is 2.38 bits per heavy atom. The maximum atomic E-state index is 12.7. The first-order valence-electron chi connectivity index (χ1n) is 10.1. The van der Waals surface area contributed by atoms with Crippen LogP contribution in [0.1, 0.15) is 28.4 Å². The van der Waals surface area contributed by atoms with Crippen LogP contribution in [0, 0.1) is 0 Å². The van der Waals surface area contributed by atoms with E-state index >= 15 is 0 Å². The van der Waals surface area contributed by atoms with Crippen LogP contribution >= 0.6 is 0 Å². The second-order valence-electron chi connectivity index (χ2n) is 7.84. The van der Waals surface area contributed by atoms with Crippen LogP contribution in [0.4, 0.5) is 0 Å². The van der Waals surface area contributed by atoms with E-state index in [4.69, 9.17) is 14.2 Å². The van der Waals surface area contributed by atoms with Gasteiger partial charge in [-0.25, -0.2) is 4.79 Å². The van der Waals surface area contributed by atoms with Gasteiger partial charge in [0.05, 0.1) is 13.5 Å². The number of carbonyl (C=O) groups excluding carboxylic acids is 2. The molecule has 0 unspecified atom stereocenters. The Morgan fingerprint density at radius 2 is 1.71 bits per heavy atom. The number of hydrogen-bond acceptors (Lipinski definition) is 12. The van der Waals surface area contributed by atoms with Gasteiger partial charge in [0.15, 0.2) is 23.4 Å². The zero-order valence-corrected chi connectivity index (χ0v) is 17.7. The summed E-state index contributed by atoms with van der Waals surface area (Å²) in [4.78, 5) is 24.5. The van der Waals surface area contributed by atoms with Crippen molar-refractivity contribution in [2.24, 2.45) is 0 Å². The highest BCUT2D eigenvalue weighted by molar-refractivity contribution is 6.02. The van der Waals surface area contributed by atoms with Crippen molar-refractivity contribution in [3.05, 3.63) is 41.5 Å². The molecule has 6 N–H and O–H groups in total. The monoisotopic (exact) mass is 478 g/mol. The molecule has 0 bridgehead atoms. The fourth-order valence-corrected chi connectivity index (χ4v) is 3.80. The molecule has 4 rings (SSSR count). The van der Waals surface area contributed by atoms with E-state index in [1.807, 2.05) is 0 Å². The zero-order chi connectivity index (χ0) is 24.7. The zero-order valence-electron chi connectivity index (χ0n) is 17.7. The third-order valence-electron chi connectivity index (χ3n) is 5.60. The standard InChI is InChI=1S/C22H22O12/c1-31-21(30)20-18(28)17(27)19(29)22(34-20)32-9-5-12(25)16-13(26)7-14(33-15(16)6-9)8-2-3-10(23)11(24)4-8/h2-6,14,17-20,22-25,27-29H,7H2,1H3/t14-,17-,18-,19+,20+,22+/m0/s1. The lowest BCUT2D eigenvalue weighted by Crippen LogP contribution is -2.61. The number of rotatable bonds is 4. The molecule has 1 fully saturated rings. The normalized spacial score (nSPS) is 28.5. The molecule has 12 heteroatoms. The van der Waals surface area contributed by atoms with Crippen molar-refractivity contribution >= 4 is 11.8 Å². The number of ketones is 1. The molecule has 2 aliphatic heterocycles. The predicted octanol–water partition coefficient (Wildman–Crippen LogP) is -0.131. The van der Waals surface area contributed by atoms with Crippen LogP contribution in [-0.2, 0) is 14.3 Å². The maximum Gasteiger partial charge on any atom is 0.337 e. The first-order chi connectivity index (χ1) is 16.1. The molecule has 2 aromatic carbocycles. The number of phenols is 3. The van der Waals surface area contributed by atoms with E-state index in [0.29, 0.717) is 5.56 Å². The van der Waals surface area contributed by atoms with Gasteiger partial charge in [-0.1, -0.05) is 6.07 Å². The molecule has 0 radical (unpaired) electrons. The molecule has 2 aromatic rings. The molecule has 0 aliphatic carbocycles. The number of carbonyl (C=O) groups is 2. The Labute approximate surface area is 192 Å². The Morgan fingerprint density at radius 1 is 0.971 bits per heavy atom. The van der Waals surface area contributed by atoms with Crippen molar-refractivity contribution < 1.29 is 59.2 Å². The number of fused-ring (bicyclic) bond motifs is 1. The average Bonchev–Trinajstić information content (AvgIpc) is 2.80. The van der Waals surface area contributed by atoms with Crippen LogP contribution in [0.5, 0.6) is 28.7 Å². The van der Waals surface area contributed by atoms with Crippen molar-refractivity contribution in [1.82, 2.24) is 0 Å². The highest BCUT2D eigenvalue weighted by atomic mass is 16.7. The van der Waals surface area contributed by atoms with Gasteiger partial charge in [0.1, 0.15) is 47.2 Å². The first-order valence-corrected chi connectivity index (χ1v) is 10.1. The topological polar surface area (TPSA) is 192 Å². The Balaban J connectivity index is 1.60. The number of aromatic hydroxyl groups is 3. The maximum absolute atomic E-state index is 12.7. The number of aliphatic hydroxyl groups excluding tert-OH is 3. The van der Waals surface area contributed by atoms with Crippen molar-refractivity contribution in [2.45, 2.75) is 43.2 Å². The van der Waals surface area contributed by atoms with Gasteiger partial charge in [-0.2, -0.15) is 0 Å². The lowest BCUT2D eigenvalue weighted by molar-refractivity contribution is -0.271. The first kappa shape index (κ1) is 23.6. The third-order valence-corrected chi connectivity index (χ3v) is 5.60. The molecule has 34 heavy (non-hydrogen) atoms. The van der Waals surface area contributed by atoms with Crippen LogP contribution in [0.25, 0.3) is 0 Å². The summed E-state index contributed by atoms with van der Waals surface area (Å²) in [5, 5.41) is 59.9. The van der Waals surface area contributed by atoms with Crippen LogP contribution in [0.15, 0.2) is 30.3 Å². The van der Waals surface area contributed by atoms with Gasteiger partial charge >= 0.3 is 5.97 Å². The number of ether oxygens (including phenoxy) is 4. The van der Waals surface area contributed by atoms with Crippen LogP contribution in [0.3, 0.4) is 0 Å². The number of hydrogen-bond donors (Lipinski definition) is 6. The Bertz CT molecular complexity index is 1120. The summed E-state index contributed by atoms with van der Waals surface area (Å²) in [6.45, 7) is 0. The number of methoxy groups -OCH3 is 1. The van der Waals surface area contributed by atoms with Crippen LogP contribution < -0.4 is 9.47 Å². The molecule has 0 saturated carbocycles. The quantitative estimate of drug-likeness (QED) is 0.252. The van der Waals surface area contributed by atoms with Crippen molar-refractivity contribution in [1.29, 1.82) is 0 Å². The van der Waals surface area contributed by atoms with Gasteiger partial charge in [0.25, 0.3) is 0 Å². The molecular formula is C22H22O12. The average molecular weight is 478 g/mol. The van der Waals surface area contributed by atoms with Crippen molar-refractivity contribution in [3.63, 3.8) is 0 Å². The summed E-state index contributed by atoms with van der Waals surface area (Å²) >= 11 is 0. The number of esters is 1. The lowest BCUT2D eigenvalue weighted by atomic mass is 9.95. The molecule has 2 heterocycles. The second-order valence-corrected chi connectivity index (χ2v) is 7.84. The Kier molecular flexibility index (Phi) is 6.23. The van der Waals surface area contributed by atoms with Gasteiger partial charge in [-0.15, -0.1) is 0 Å². The van der Waals surface area contributed by atoms with Crippen molar-refractivity contribution in [2.75, 3.05) is 7.11 Å². The molecule has 0 amide bonds. The highest BCUT2D eigenvalue weighted by Gasteiger charge is 2.48. The minimum atomic E-state index is -1.81. The lowest BCUT2D eigenvalue weighted by Gasteiger charge is -2.39. The van der Waals surface area contributed by atoms with E-state index in [1.165, 1.54) is 24.3 Å². The van der Waals surface area contributed by atoms with Gasteiger partial charge in [0.2, 0.25) is 6.29 Å². The van der Waals surface area contributed by atoms with Crippen LogP contribution in [0.2, 0.25) is 0 Å². The van der Waals surface area contributed by atoms with E-state index in [9.17, 15) is 40.2 Å². The predicted molar refractivity (Wildman–Crippen MR) is 110 cm³/mol. The largest absolute Gasteiger partial charge is 0.507 e. The number of benzene rings is 2. The number of Topliss-reactive ketones (excluding diaryl/α,β-unsaturated/α-hetero) is 1. The molecule has 0 spiro atoms. The molecule has 182 valence electrons. The summed E-state index contributed by atoms with van der Waals surface area (Å²) in [7, 11) is 1.05. The smallest absolute Gasteiger partial charge is 0.337 e. The third kappa shape index (κ3) is 4.19. The van der Waals surface area contributed by atoms with E-state index in [2.05, 4.69) is 4.74 Å². The molecule has 1 saturated heterocycles. The summed E-state index contributed by atoms with van der Waals surface area (Å²) in [5.41, 5.74) is 0.281. The minimum absolute atomic E-state index is 0.0702. The van der Waals surface area contributed by atoms with Crippen molar-refractivity contribution in [3.8, 4) is 28.7 Å². The summed E-state index contributed by atoms with van der Waals surface area (Å²) in [5.74, 6) is -2.91. The summed E-state index contributed by atoms with van der Waals surface area (Å²) in [6.07, 6.45) is -9.66.